The Bertz CT molecular complexity index is 282. The molecule has 84 valence electrons. The first kappa shape index (κ1) is 12.1. The zero-order valence-electron chi connectivity index (χ0n) is 9.53. The summed E-state index contributed by atoms with van der Waals surface area (Å²) in [6.07, 6.45) is 3.53. The summed E-state index contributed by atoms with van der Waals surface area (Å²) in [6.45, 7) is 6.59. The molecule has 1 rings (SSSR count). The molecule has 0 amide bonds. The van der Waals surface area contributed by atoms with Crippen LogP contribution in [-0.2, 0) is 4.74 Å². The van der Waals surface area contributed by atoms with Gasteiger partial charge in [-0.05, 0) is 32.4 Å². The van der Waals surface area contributed by atoms with Gasteiger partial charge in [0.25, 0.3) is 0 Å². The van der Waals surface area contributed by atoms with E-state index >= 15 is 0 Å². The van der Waals surface area contributed by atoms with Crippen LogP contribution in [0.3, 0.4) is 0 Å². The molecular weight excluding hydrogens is 190 g/mol. The van der Waals surface area contributed by atoms with E-state index in [0.29, 0.717) is 6.61 Å². The fraction of sp³-hybridized carbons (Fsp3) is 0.545. The molecule has 4 nitrogen and oxygen atoms in total. The Morgan fingerprint density at radius 2 is 2.27 bits per heavy atom. The number of nitrogens with zero attached hydrogens (tertiary/aromatic N) is 1. The highest BCUT2D eigenvalue weighted by atomic mass is 16.5. The Balaban J connectivity index is 2.58. The summed E-state index contributed by atoms with van der Waals surface area (Å²) < 4.78 is 5.67. The summed E-state index contributed by atoms with van der Waals surface area (Å²) >= 11 is 0. The van der Waals surface area contributed by atoms with Crippen molar-refractivity contribution in [3.05, 3.63) is 30.1 Å². The van der Waals surface area contributed by atoms with E-state index in [1.165, 1.54) is 0 Å². The number of hydrazine groups is 1. The van der Waals surface area contributed by atoms with Crippen LogP contribution in [0.1, 0.15) is 32.4 Å². The van der Waals surface area contributed by atoms with Crippen molar-refractivity contribution in [3.63, 3.8) is 0 Å². The molecule has 15 heavy (non-hydrogen) atoms. The molecule has 4 heteroatoms. The molecule has 0 saturated carbocycles. The molecule has 1 unspecified atom stereocenters. The van der Waals surface area contributed by atoms with Gasteiger partial charge in [0.15, 0.2) is 0 Å². The summed E-state index contributed by atoms with van der Waals surface area (Å²) in [6, 6.07) is 3.85. The molecule has 0 aromatic carbocycles. The van der Waals surface area contributed by atoms with Crippen LogP contribution in [0.15, 0.2) is 24.5 Å². The smallest absolute Gasteiger partial charge is 0.0709 e. The van der Waals surface area contributed by atoms with Crippen molar-refractivity contribution in [2.24, 2.45) is 5.84 Å². The van der Waals surface area contributed by atoms with Crippen LogP contribution in [0.2, 0.25) is 0 Å². The maximum Gasteiger partial charge on any atom is 0.0709 e. The Kier molecular flexibility index (Phi) is 4.20. The van der Waals surface area contributed by atoms with Gasteiger partial charge in [-0.1, -0.05) is 6.07 Å². The fourth-order valence-electron chi connectivity index (χ4n) is 1.16. The number of hydrogen-bond acceptors (Lipinski definition) is 4. The number of aromatic nitrogens is 1. The standard InChI is InChI=1S/C11H19N3O/c1-11(2,3)15-8-10(14-12)9-5-4-6-13-7-9/h4-7,10,14H,8,12H2,1-3H3. The average molecular weight is 209 g/mol. The third kappa shape index (κ3) is 4.38. The highest BCUT2D eigenvalue weighted by Gasteiger charge is 2.15. The monoisotopic (exact) mass is 209 g/mol. The number of rotatable bonds is 4. The van der Waals surface area contributed by atoms with Gasteiger partial charge in [0, 0.05) is 12.4 Å². The first-order chi connectivity index (χ1) is 7.03. The lowest BCUT2D eigenvalue weighted by molar-refractivity contribution is -0.0148. The lowest BCUT2D eigenvalue weighted by Gasteiger charge is -2.24. The lowest BCUT2D eigenvalue weighted by atomic mass is 10.1. The van der Waals surface area contributed by atoms with Gasteiger partial charge < -0.3 is 4.74 Å². The second kappa shape index (κ2) is 5.21. The average Bonchev–Trinajstić information content (AvgIpc) is 2.19. The predicted octanol–water partition coefficient (Wildman–Crippen LogP) is 1.40. The van der Waals surface area contributed by atoms with Gasteiger partial charge in [-0.25, -0.2) is 0 Å². The number of nitrogens with two attached hydrogens (primary N) is 1. The van der Waals surface area contributed by atoms with E-state index in [1.807, 2.05) is 32.9 Å². The van der Waals surface area contributed by atoms with Gasteiger partial charge in [0.05, 0.1) is 18.2 Å². The highest BCUT2D eigenvalue weighted by Crippen LogP contribution is 2.15. The van der Waals surface area contributed by atoms with Crippen molar-refractivity contribution in [3.8, 4) is 0 Å². The molecule has 1 aromatic heterocycles. The topological polar surface area (TPSA) is 60.2 Å². The van der Waals surface area contributed by atoms with Crippen molar-refractivity contribution in [2.75, 3.05) is 6.61 Å². The van der Waals surface area contributed by atoms with Crippen molar-refractivity contribution >= 4 is 0 Å². The number of nitrogens with one attached hydrogen (secondary N) is 1. The van der Waals surface area contributed by atoms with Gasteiger partial charge in [-0.3, -0.25) is 16.3 Å². The van der Waals surface area contributed by atoms with E-state index in [2.05, 4.69) is 10.4 Å². The third-order valence-corrected chi connectivity index (χ3v) is 1.97. The molecule has 0 aliphatic heterocycles. The predicted molar refractivity (Wildman–Crippen MR) is 60.0 cm³/mol. The molecule has 0 fully saturated rings. The van der Waals surface area contributed by atoms with Gasteiger partial charge in [0.2, 0.25) is 0 Å². The largest absolute Gasteiger partial charge is 0.374 e. The molecule has 0 saturated heterocycles. The first-order valence-corrected chi connectivity index (χ1v) is 5.03. The van der Waals surface area contributed by atoms with Gasteiger partial charge in [-0.2, -0.15) is 0 Å². The molecule has 3 N–H and O–H groups in total. The van der Waals surface area contributed by atoms with Crippen molar-refractivity contribution in [1.29, 1.82) is 0 Å². The van der Waals surface area contributed by atoms with E-state index in [-0.39, 0.29) is 11.6 Å². The highest BCUT2D eigenvalue weighted by molar-refractivity contribution is 5.13. The quantitative estimate of drug-likeness (QED) is 0.581. The van der Waals surface area contributed by atoms with Crippen LogP contribution in [0.5, 0.6) is 0 Å². The van der Waals surface area contributed by atoms with Gasteiger partial charge >= 0.3 is 0 Å². The zero-order chi connectivity index (χ0) is 11.3. The summed E-state index contributed by atoms with van der Waals surface area (Å²) in [5.74, 6) is 5.48. The maximum absolute atomic E-state index is 5.67. The minimum atomic E-state index is -0.155. The Morgan fingerprint density at radius 1 is 1.53 bits per heavy atom. The number of pyridine rings is 1. The molecule has 0 aliphatic carbocycles. The summed E-state index contributed by atoms with van der Waals surface area (Å²) in [7, 11) is 0. The van der Waals surface area contributed by atoms with E-state index < -0.39 is 0 Å². The van der Waals surface area contributed by atoms with E-state index in [1.54, 1.807) is 12.4 Å². The molecule has 0 aliphatic rings. The van der Waals surface area contributed by atoms with Crippen LogP contribution in [0.25, 0.3) is 0 Å². The fourth-order valence-corrected chi connectivity index (χ4v) is 1.16. The maximum atomic E-state index is 5.67. The third-order valence-electron chi connectivity index (χ3n) is 1.97. The second-order valence-electron chi connectivity index (χ2n) is 4.43. The molecule has 0 bridgehead atoms. The van der Waals surface area contributed by atoms with Crippen LogP contribution in [0.4, 0.5) is 0 Å². The van der Waals surface area contributed by atoms with E-state index in [0.717, 1.165) is 5.56 Å². The molecular formula is C11H19N3O. The normalized spacial score (nSPS) is 13.9. The SMILES string of the molecule is CC(C)(C)OCC(NN)c1cccnc1. The number of ether oxygens (including phenoxy) is 1. The van der Waals surface area contributed by atoms with Gasteiger partial charge in [-0.15, -0.1) is 0 Å². The Labute approximate surface area is 90.8 Å². The molecule has 0 radical (unpaired) electrons. The molecule has 1 heterocycles. The second-order valence-corrected chi connectivity index (χ2v) is 4.43. The van der Waals surface area contributed by atoms with Crippen LogP contribution in [-0.4, -0.2) is 17.2 Å². The Morgan fingerprint density at radius 3 is 2.73 bits per heavy atom. The van der Waals surface area contributed by atoms with Crippen LogP contribution >= 0.6 is 0 Å². The molecule has 1 atom stereocenters. The number of hydrogen-bond donors (Lipinski definition) is 2. The molecule has 1 aromatic rings. The van der Waals surface area contributed by atoms with E-state index in [4.69, 9.17) is 10.6 Å². The first-order valence-electron chi connectivity index (χ1n) is 5.03. The van der Waals surface area contributed by atoms with Crippen molar-refractivity contribution < 1.29 is 4.74 Å². The summed E-state index contributed by atoms with van der Waals surface area (Å²) in [5.41, 5.74) is 3.60. The molecule has 0 spiro atoms. The lowest BCUT2D eigenvalue weighted by Crippen LogP contribution is -2.34. The summed E-state index contributed by atoms with van der Waals surface area (Å²) in [4.78, 5) is 4.05. The van der Waals surface area contributed by atoms with Crippen LogP contribution in [0, 0.1) is 0 Å². The van der Waals surface area contributed by atoms with E-state index in [9.17, 15) is 0 Å². The van der Waals surface area contributed by atoms with Gasteiger partial charge in [0.1, 0.15) is 0 Å². The summed E-state index contributed by atoms with van der Waals surface area (Å²) in [5, 5.41) is 0. The van der Waals surface area contributed by atoms with Crippen LogP contribution < -0.4 is 11.3 Å². The van der Waals surface area contributed by atoms with Crippen molar-refractivity contribution in [2.45, 2.75) is 32.4 Å². The minimum Gasteiger partial charge on any atom is -0.374 e. The Hall–Kier alpha value is -0.970. The minimum absolute atomic E-state index is 0.0158. The zero-order valence-corrected chi connectivity index (χ0v) is 9.53. The van der Waals surface area contributed by atoms with Crippen molar-refractivity contribution in [1.82, 2.24) is 10.4 Å².